The van der Waals surface area contributed by atoms with Gasteiger partial charge in [0.1, 0.15) is 13.2 Å². The molecule has 1 atom stereocenters. The largest absolute Gasteiger partial charge is 0.486 e. The molecule has 2 aliphatic heterocycles. The summed E-state index contributed by atoms with van der Waals surface area (Å²) < 4.78 is 13.4. The van der Waals surface area contributed by atoms with Crippen molar-refractivity contribution in [2.45, 2.75) is 12.6 Å². The van der Waals surface area contributed by atoms with E-state index in [1.807, 2.05) is 36.4 Å². The fraction of sp³-hybridized carbons (Fsp3) is 0.261. The summed E-state index contributed by atoms with van der Waals surface area (Å²) in [6, 6.07) is 20.1. The smallest absolute Gasteiger partial charge is 0.238 e. The van der Waals surface area contributed by atoms with Crippen molar-refractivity contribution < 1.29 is 14.3 Å². The summed E-state index contributed by atoms with van der Waals surface area (Å²) in [5, 5.41) is 3.01. The molecular formula is C23H23N3O3. The van der Waals surface area contributed by atoms with Gasteiger partial charge < -0.3 is 19.4 Å². The van der Waals surface area contributed by atoms with Crippen molar-refractivity contribution in [3.63, 3.8) is 0 Å². The molecule has 29 heavy (non-hydrogen) atoms. The first-order valence-electron chi connectivity index (χ1n) is 9.91. The predicted molar refractivity (Wildman–Crippen MR) is 110 cm³/mol. The molecule has 5 rings (SSSR count). The minimum atomic E-state index is -0.0392. The van der Waals surface area contributed by atoms with E-state index in [2.05, 4.69) is 45.2 Å². The van der Waals surface area contributed by atoms with Crippen LogP contribution in [0.1, 0.15) is 17.3 Å². The monoisotopic (exact) mass is 389 g/mol. The number of benzene rings is 2. The van der Waals surface area contributed by atoms with Crippen LogP contribution < -0.4 is 14.8 Å². The number of hydrogen-bond acceptors (Lipinski definition) is 4. The van der Waals surface area contributed by atoms with Gasteiger partial charge in [-0.15, -0.1) is 0 Å². The van der Waals surface area contributed by atoms with Crippen molar-refractivity contribution in [2.75, 3.05) is 31.6 Å². The Balaban J connectivity index is 1.34. The molecule has 6 heteroatoms. The quantitative estimate of drug-likeness (QED) is 0.744. The fourth-order valence-corrected chi connectivity index (χ4v) is 4.12. The van der Waals surface area contributed by atoms with E-state index < -0.39 is 0 Å². The lowest BCUT2D eigenvalue weighted by Crippen LogP contribution is -2.42. The zero-order valence-electron chi connectivity index (χ0n) is 16.1. The van der Waals surface area contributed by atoms with Gasteiger partial charge in [0, 0.05) is 36.7 Å². The Morgan fingerprint density at radius 1 is 0.966 bits per heavy atom. The first-order chi connectivity index (χ1) is 14.3. The van der Waals surface area contributed by atoms with Gasteiger partial charge in [-0.2, -0.15) is 0 Å². The number of aromatic nitrogens is 1. The lowest BCUT2D eigenvalue weighted by atomic mass is 10.00. The van der Waals surface area contributed by atoms with Crippen LogP contribution in [0, 0.1) is 0 Å². The third-order valence-electron chi connectivity index (χ3n) is 5.43. The molecule has 0 fully saturated rings. The van der Waals surface area contributed by atoms with Gasteiger partial charge in [-0.1, -0.05) is 30.3 Å². The van der Waals surface area contributed by atoms with Gasteiger partial charge in [-0.05, 0) is 29.8 Å². The van der Waals surface area contributed by atoms with Crippen LogP contribution in [0.15, 0.2) is 66.9 Å². The Bertz CT molecular complexity index is 1020. The second kappa shape index (κ2) is 7.64. The highest BCUT2D eigenvalue weighted by molar-refractivity contribution is 5.92. The summed E-state index contributed by atoms with van der Waals surface area (Å²) in [6.45, 7) is 3.09. The number of amides is 1. The predicted octanol–water partition coefficient (Wildman–Crippen LogP) is 3.30. The Hall–Kier alpha value is -3.25. The summed E-state index contributed by atoms with van der Waals surface area (Å²) in [4.78, 5) is 15.1. The van der Waals surface area contributed by atoms with Crippen molar-refractivity contribution >= 4 is 11.6 Å². The second-order valence-corrected chi connectivity index (χ2v) is 7.32. The SMILES string of the molecule is O=C(CN1CCn2cccc2[C@@H]1c1ccccc1)Nc1ccc2c(c1)OCCO2. The summed E-state index contributed by atoms with van der Waals surface area (Å²) in [5.74, 6) is 1.35. The number of nitrogens with zero attached hydrogens (tertiary/aromatic N) is 2. The lowest BCUT2D eigenvalue weighted by molar-refractivity contribution is -0.117. The molecule has 2 aliphatic rings. The van der Waals surface area contributed by atoms with Gasteiger partial charge >= 0.3 is 0 Å². The molecule has 3 aromatic rings. The van der Waals surface area contributed by atoms with Crippen LogP contribution in [0.25, 0.3) is 0 Å². The number of fused-ring (bicyclic) bond motifs is 2. The van der Waals surface area contributed by atoms with Crippen LogP contribution in [0.3, 0.4) is 0 Å². The van der Waals surface area contributed by atoms with E-state index in [4.69, 9.17) is 9.47 Å². The maximum atomic E-state index is 12.8. The van der Waals surface area contributed by atoms with Crippen molar-refractivity contribution in [2.24, 2.45) is 0 Å². The van der Waals surface area contributed by atoms with Gasteiger partial charge in [0.15, 0.2) is 11.5 Å². The number of carbonyl (C=O) groups excluding carboxylic acids is 1. The molecule has 0 aliphatic carbocycles. The van der Waals surface area contributed by atoms with Crippen molar-refractivity contribution in [3.8, 4) is 11.5 Å². The van der Waals surface area contributed by atoms with Crippen molar-refractivity contribution in [1.29, 1.82) is 0 Å². The first kappa shape index (κ1) is 17.8. The molecule has 0 spiro atoms. The normalized spacial score (nSPS) is 18.1. The number of anilines is 1. The highest BCUT2D eigenvalue weighted by atomic mass is 16.6. The maximum Gasteiger partial charge on any atom is 0.238 e. The highest BCUT2D eigenvalue weighted by Crippen LogP contribution is 2.34. The molecule has 0 bridgehead atoms. The van der Waals surface area contributed by atoms with E-state index in [0.29, 0.717) is 25.5 Å². The molecule has 1 N–H and O–H groups in total. The first-order valence-corrected chi connectivity index (χ1v) is 9.91. The molecule has 3 heterocycles. The van der Waals surface area contributed by atoms with Crippen molar-refractivity contribution in [3.05, 3.63) is 78.1 Å². The average Bonchev–Trinajstić information content (AvgIpc) is 3.23. The van der Waals surface area contributed by atoms with Crippen LogP contribution in [0.2, 0.25) is 0 Å². The molecule has 2 aromatic carbocycles. The van der Waals surface area contributed by atoms with Crippen LogP contribution in [0.4, 0.5) is 5.69 Å². The Morgan fingerprint density at radius 2 is 1.79 bits per heavy atom. The minimum absolute atomic E-state index is 0.0392. The Morgan fingerprint density at radius 3 is 2.66 bits per heavy atom. The molecule has 1 amide bonds. The molecule has 0 radical (unpaired) electrons. The van der Waals surface area contributed by atoms with Crippen molar-refractivity contribution in [1.82, 2.24) is 9.47 Å². The topological polar surface area (TPSA) is 55.7 Å². The third kappa shape index (κ3) is 3.59. The van der Waals surface area contributed by atoms with Gasteiger partial charge in [0.25, 0.3) is 0 Å². The molecule has 0 unspecified atom stereocenters. The molecule has 1 aromatic heterocycles. The van der Waals surface area contributed by atoms with Gasteiger partial charge in [0.05, 0.1) is 12.6 Å². The minimum Gasteiger partial charge on any atom is -0.486 e. The summed E-state index contributed by atoms with van der Waals surface area (Å²) in [5.41, 5.74) is 3.13. The van der Waals surface area contributed by atoms with Crippen LogP contribution in [-0.4, -0.2) is 41.7 Å². The number of nitrogens with one attached hydrogen (secondary N) is 1. The summed E-state index contributed by atoms with van der Waals surface area (Å²) in [7, 11) is 0. The summed E-state index contributed by atoms with van der Waals surface area (Å²) in [6.07, 6.45) is 2.11. The maximum absolute atomic E-state index is 12.8. The van der Waals surface area contributed by atoms with Gasteiger partial charge in [-0.25, -0.2) is 0 Å². The van der Waals surface area contributed by atoms with Gasteiger partial charge in [0.2, 0.25) is 5.91 Å². The zero-order valence-corrected chi connectivity index (χ0v) is 16.1. The van der Waals surface area contributed by atoms with Crippen LogP contribution >= 0.6 is 0 Å². The van der Waals surface area contributed by atoms with E-state index in [1.54, 1.807) is 0 Å². The Labute approximate surface area is 169 Å². The molecular weight excluding hydrogens is 366 g/mol. The van der Waals surface area contributed by atoms with E-state index in [0.717, 1.165) is 24.5 Å². The Kier molecular flexibility index (Phi) is 4.69. The highest BCUT2D eigenvalue weighted by Gasteiger charge is 2.30. The summed E-state index contributed by atoms with van der Waals surface area (Å²) >= 11 is 0. The molecule has 0 saturated carbocycles. The van der Waals surface area contributed by atoms with Crippen LogP contribution in [0.5, 0.6) is 11.5 Å². The number of hydrogen-bond donors (Lipinski definition) is 1. The third-order valence-corrected chi connectivity index (χ3v) is 5.43. The van der Waals surface area contributed by atoms with E-state index in [-0.39, 0.29) is 11.9 Å². The van der Waals surface area contributed by atoms with Crippen LogP contribution in [-0.2, 0) is 11.3 Å². The second-order valence-electron chi connectivity index (χ2n) is 7.32. The van der Waals surface area contributed by atoms with Gasteiger partial charge in [-0.3, -0.25) is 9.69 Å². The van der Waals surface area contributed by atoms with E-state index in [9.17, 15) is 4.79 Å². The zero-order chi connectivity index (χ0) is 19.6. The average molecular weight is 389 g/mol. The number of carbonyl (C=O) groups is 1. The van der Waals surface area contributed by atoms with E-state index >= 15 is 0 Å². The molecule has 148 valence electrons. The molecule has 0 saturated heterocycles. The standard InChI is InChI=1S/C23H23N3O3/c27-22(24-18-8-9-20-21(15-18)29-14-13-28-20)16-26-12-11-25-10-4-7-19(25)23(26)17-5-2-1-3-6-17/h1-10,15,23H,11-14,16H2,(H,24,27)/t23-/m0/s1. The fourth-order valence-electron chi connectivity index (χ4n) is 4.12. The number of rotatable bonds is 4. The number of ether oxygens (including phenoxy) is 2. The van der Waals surface area contributed by atoms with E-state index in [1.165, 1.54) is 11.3 Å². The lowest BCUT2D eigenvalue weighted by Gasteiger charge is -2.36. The molecule has 6 nitrogen and oxygen atoms in total.